The van der Waals surface area contributed by atoms with E-state index in [4.69, 9.17) is 9.47 Å². The molecule has 1 N–H and O–H groups in total. The van der Waals surface area contributed by atoms with Gasteiger partial charge in [-0.25, -0.2) is 8.42 Å². The summed E-state index contributed by atoms with van der Waals surface area (Å²) in [6.07, 6.45) is -4.53. The van der Waals surface area contributed by atoms with Crippen LogP contribution in [0.25, 0.3) is 0 Å². The molecule has 0 unspecified atom stereocenters. The monoisotopic (exact) mass is 437 g/mol. The number of alkyl halides is 3. The summed E-state index contributed by atoms with van der Waals surface area (Å²) >= 11 is 3.23. The third-order valence-corrected chi connectivity index (χ3v) is 5.41. The van der Waals surface area contributed by atoms with Crippen molar-refractivity contribution in [2.45, 2.75) is 11.1 Å². The Hall–Kier alpha value is -1.94. The van der Waals surface area contributed by atoms with E-state index >= 15 is 0 Å². The number of sulfonamides is 1. The molecule has 1 aliphatic rings. The number of fused-ring (bicyclic) bond motifs is 1. The summed E-state index contributed by atoms with van der Waals surface area (Å²) in [4.78, 5) is -0.290. The van der Waals surface area contributed by atoms with Crippen LogP contribution in [0.4, 0.5) is 18.9 Å². The van der Waals surface area contributed by atoms with Crippen molar-refractivity contribution in [1.82, 2.24) is 0 Å². The normalized spacial score (nSPS) is 14.2. The van der Waals surface area contributed by atoms with Crippen LogP contribution in [0.5, 0.6) is 11.5 Å². The Labute approximate surface area is 149 Å². The van der Waals surface area contributed by atoms with Crippen molar-refractivity contribution in [2.75, 3.05) is 17.9 Å². The highest BCUT2D eigenvalue weighted by Crippen LogP contribution is 2.39. The summed E-state index contributed by atoms with van der Waals surface area (Å²) in [5.41, 5.74) is -0.740. The van der Waals surface area contributed by atoms with E-state index in [1.165, 1.54) is 6.07 Å². The Kier molecular flexibility index (Phi) is 4.58. The third kappa shape index (κ3) is 3.84. The summed E-state index contributed by atoms with van der Waals surface area (Å²) in [7, 11) is -4.07. The molecule has 0 spiro atoms. The molecule has 0 aliphatic carbocycles. The maximum absolute atomic E-state index is 12.6. The van der Waals surface area contributed by atoms with E-state index in [9.17, 15) is 21.6 Å². The molecule has 0 fully saturated rings. The summed E-state index contributed by atoms with van der Waals surface area (Å²) in [5, 5.41) is 0. The van der Waals surface area contributed by atoms with Crippen LogP contribution in [0.3, 0.4) is 0 Å². The highest BCUT2D eigenvalue weighted by molar-refractivity contribution is 9.10. The molecule has 0 saturated carbocycles. The standard InChI is InChI=1S/C15H11BrF3NO4S/c16-11-7-13-14(24-6-5-23-13)8-12(11)20-25(21,22)10-3-1-9(2-4-10)15(17,18)19/h1-4,7-8,20H,5-6H2. The predicted octanol–water partition coefficient (Wildman–Crippen LogP) is 4.04. The molecule has 0 bridgehead atoms. The number of hydrogen-bond acceptors (Lipinski definition) is 4. The smallest absolute Gasteiger partial charge is 0.416 e. The van der Waals surface area contributed by atoms with Crippen molar-refractivity contribution in [1.29, 1.82) is 0 Å². The molecular formula is C15H11BrF3NO4S. The molecule has 10 heteroatoms. The van der Waals surface area contributed by atoms with E-state index in [0.717, 1.165) is 12.1 Å². The van der Waals surface area contributed by atoms with Crippen LogP contribution in [0, 0.1) is 0 Å². The Morgan fingerprint density at radius 3 is 2.12 bits per heavy atom. The Bertz CT molecular complexity index is 898. The predicted molar refractivity (Wildman–Crippen MR) is 87.4 cm³/mol. The molecule has 5 nitrogen and oxygen atoms in total. The molecule has 0 aromatic heterocycles. The molecule has 3 rings (SSSR count). The first kappa shape index (κ1) is 17.9. The van der Waals surface area contributed by atoms with E-state index < -0.39 is 21.8 Å². The second-order valence-corrected chi connectivity index (χ2v) is 7.64. The Balaban J connectivity index is 1.89. The van der Waals surface area contributed by atoms with Crippen LogP contribution >= 0.6 is 15.9 Å². The summed E-state index contributed by atoms with van der Waals surface area (Å²) in [5.74, 6) is 0.843. The fourth-order valence-electron chi connectivity index (χ4n) is 2.17. The van der Waals surface area contributed by atoms with Gasteiger partial charge in [-0.1, -0.05) is 0 Å². The highest BCUT2D eigenvalue weighted by Gasteiger charge is 2.30. The molecule has 25 heavy (non-hydrogen) atoms. The summed E-state index contributed by atoms with van der Waals surface area (Å²) in [6, 6.07) is 6.23. The van der Waals surface area contributed by atoms with Crippen LogP contribution in [-0.2, 0) is 16.2 Å². The lowest BCUT2D eigenvalue weighted by Crippen LogP contribution is -2.17. The molecular weight excluding hydrogens is 427 g/mol. The highest BCUT2D eigenvalue weighted by atomic mass is 79.9. The first-order valence-electron chi connectivity index (χ1n) is 6.96. The zero-order valence-electron chi connectivity index (χ0n) is 12.4. The van der Waals surface area contributed by atoms with Crippen LogP contribution < -0.4 is 14.2 Å². The van der Waals surface area contributed by atoms with Crippen molar-refractivity contribution < 1.29 is 31.1 Å². The van der Waals surface area contributed by atoms with E-state index in [1.54, 1.807) is 6.07 Å². The molecule has 1 aliphatic heterocycles. The van der Waals surface area contributed by atoms with Crippen molar-refractivity contribution in [3.8, 4) is 11.5 Å². The van der Waals surface area contributed by atoms with Gasteiger partial charge in [-0.05, 0) is 40.2 Å². The zero-order chi connectivity index (χ0) is 18.2. The number of rotatable bonds is 3. The molecule has 2 aromatic rings. The van der Waals surface area contributed by atoms with Crippen molar-refractivity contribution >= 4 is 31.6 Å². The molecule has 0 atom stereocenters. The molecule has 0 saturated heterocycles. The molecule has 1 heterocycles. The van der Waals surface area contributed by atoms with Gasteiger partial charge >= 0.3 is 6.18 Å². The van der Waals surface area contributed by atoms with Crippen LogP contribution in [0.2, 0.25) is 0 Å². The van der Waals surface area contributed by atoms with Crippen molar-refractivity contribution in [2.24, 2.45) is 0 Å². The summed E-state index contributed by atoms with van der Waals surface area (Å²) < 4.78 is 76.0. The van der Waals surface area contributed by atoms with Crippen molar-refractivity contribution in [3.63, 3.8) is 0 Å². The lowest BCUT2D eigenvalue weighted by Gasteiger charge is -2.20. The van der Waals surface area contributed by atoms with Gasteiger partial charge in [0, 0.05) is 16.6 Å². The quantitative estimate of drug-likeness (QED) is 0.786. The topological polar surface area (TPSA) is 64.6 Å². The second kappa shape index (κ2) is 6.41. The van der Waals surface area contributed by atoms with Gasteiger partial charge in [-0.2, -0.15) is 13.2 Å². The number of benzene rings is 2. The first-order chi connectivity index (χ1) is 11.7. The Morgan fingerprint density at radius 2 is 1.56 bits per heavy atom. The van der Waals surface area contributed by atoms with E-state index in [2.05, 4.69) is 20.7 Å². The molecule has 2 aromatic carbocycles. The van der Waals surface area contributed by atoms with Gasteiger partial charge in [0.05, 0.1) is 16.1 Å². The zero-order valence-corrected chi connectivity index (χ0v) is 14.8. The van der Waals surface area contributed by atoms with Crippen LogP contribution in [0.1, 0.15) is 5.56 Å². The number of ether oxygens (including phenoxy) is 2. The van der Waals surface area contributed by atoms with E-state index in [-0.39, 0.29) is 10.6 Å². The van der Waals surface area contributed by atoms with E-state index in [1.807, 2.05) is 0 Å². The minimum atomic E-state index is -4.53. The summed E-state index contributed by atoms with van der Waals surface area (Å²) in [6.45, 7) is 0.718. The van der Waals surface area contributed by atoms with Gasteiger partial charge < -0.3 is 9.47 Å². The molecule has 134 valence electrons. The maximum atomic E-state index is 12.6. The fourth-order valence-corrected chi connectivity index (χ4v) is 3.79. The maximum Gasteiger partial charge on any atom is 0.416 e. The average Bonchev–Trinajstić information content (AvgIpc) is 2.55. The third-order valence-electron chi connectivity index (χ3n) is 3.37. The largest absolute Gasteiger partial charge is 0.486 e. The second-order valence-electron chi connectivity index (χ2n) is 5.10. The van der Waals surface area contributed by atoms with E-state index in [0.29, 0.717) is 41.3 Å². The number of anilines is 1. The number of nitrogens with one attached hydrogen (secondary N) is 1. The minimum Gasteiger partial charge on any atom is -0.486 e. The molecule has 0 amide bonds. The fraction of sp³-hybridized carbons (Fsp3) is 0.200. The average molecular weight is 438 g/mol. The minimum absolute atomic E-state index is 0.184. The van der Waals surface area contributed by atoms with Gasteiger partial charge in [0.25, 0.3) is 10.0 Å². The van der Waals surface area contributed by atoms with Gasteiger partial charge in [0.1, 0.15) is 13.2 Å². The van der Waals surface area contributed by atoms with Gasteiger partial charge in [0.2, 0.25) is 0 Å². The van der Waals surface area contributed by atoms with Gasteiger partial charge in [-0.3, -0.25) is 4.72 Å². The van der Waals surface area contributed by atoms with Gasteiger partial charge in [-0.15, -0.1) is 0 Å². The lowest BCUT2D eigenvalue weighted by atomic mass is 10.2. The number of halogens is 4. The van der Waals surface area contributed by atoms with Crippen LogP contribution in [-0.4, -0.2) is 21.6 Å². The van der Waals surface area contributed by atoms with Crippen molar-refractivity contribution in [3.05, 3.63) is 46.4 Å². The molecule has 0 radical (unpaired) electrons. The van der Waals surface area contributed by atoms with Crippen LogP contribution in [0.15, 0.2) is 45.8 Å². The first-order valence-corrected chi connectivity index (χ1v) is 9.24. The Morgan fingerprint density at radius 1 is 1.00 bits per heavy atom. The SMILES string of the molecule is O=S(=O)(Nc1cc2c(cc1Br)OCCO2)c1ccc(C(F)(F)F)cc1. The van der Waals surface area contributed by atoms with Gasteiger partial charge in [0.15, 0.2) is 11.5 Å². The lowest BCUT2D eigenvalue weighted by molar-refractivity contribution is -0.137. The number of hydrogen-bond donors (Lipinski definition) is 1.